The first-order chi connectivity index (χ1) is 7.81. The molecule has 0 aromatic rings. The first-order valence-electron chi connectivity index (χ1n) is 6.68. The fourth-order valence-electron chi connectivity index (χ4n) is 1.46. The minimum absolute atomic E-state index is 0.0548. The Morgan fingerprint density at radius 1 is 0.750 bits per heavy atom. The van der Waals surface area contributed by atoms with Crippen LogP contribution < -0.4 is 0 Å². The predicted octanol–water partition coefficient (Wildman–Crippen LogP) is 4.90. The Hall–Kier alpha value is 0.650. The minimum Gasteiger partial charge on any atom is -0.344 e. The van der Waals surface area contributed by atoms with Crippen LogP contribution in [0, 0.1) is 0 Å². The Kier molecular flexibility index (Phi) is 14.3. The molecular formula is C13H27IO2. The first-order valence-corrected chi connectivity index (χ1v) is 7.93. The summed E-state index contributed by atoms with van der Waals surface area (Å²) in [5.41, 5.74) is 0. The minimum atomic E-state index is -0.0548. The normalized spacial score (nSPS) is 11.2. The standard InChI is InChI=1S/C13H27IO2/c1-3-5-7-9-11-15-13(14)16-12-10-8-6-4-2/h13H,3-12H2,1-2H3. The molecular weight excluding hydrogens is 315 g/mol. The van der Waals surface area contributed by atoms with Gasteiger partial charge in [-0.2, -0.15) is 0 Å². The van der Waals surface area contributed by atoms with Crippen LogP contribution in [0.25, 0.3) is 0 Å². The molecule has 3 heteroatoms. The van der Waals surface area contributed by atoms with E-state index in [1.165, 1.54) is 38.5 Å². The Morgan fingerprint density at radius 3 is 1.56 bits per heavy atom. The van der Waals surface area contributed by atoms with Gasteiger partial charge in [-0.25, -0.2) is 0 Å². The third-order valence-corrected chi connectivity index (χ3v) is 3.21. The molecule has 2 nitrogen and oxygen atoms in total. The van der Waals surface area contributed by atoms with Crippen molar-refractivity contribution < 1.29 is 9.47 Å². The highest BCUT2D eigenvalue weighted by atomic mass is 127. The summed E-state index contributed by atoms with van der Waals surface area (Å²) in [7, 11) is 0. The average molecular weight is 342 g/mol. The van der Waals surface area contributed by atoms with Gasteiger partial charge in [-0.15, -0.1) is 0 Å². The van der Waals surface area contributed by atoms with Crippen molar-refractivity contribution in [2.45, 2.75) is 69.5 Å². The third kappa shape index (κ3) is 12.7. The molecule has 0 heterocycles. The van der Waals surface area contributed by atoms with E-state index in [1.54, 1.807) is 0 Å². The SMILES string of the molecule is CCCCCCOC(I)OCCCCCC. The fourth-order valence-corrected chi connectivity index (χ4v) is 1.97. The number of hydrogen-bond donors (Lipinski definition) is 0. The summed E-state index contributed by atoms with van der Waals surface area (Å²) in [5, 5.41) is 0. The highest BCUT2D eigenvalue weighted by molar-refractivity contribution is 14.1. The number of hydrogen-bond acceptors (Lipinski definition) is 2. The van der Waals surface area contributed by atoms with Gasteiger partial charge in [0.2, 0.25) is 4.30 Å². The maximum absolute atomic E-state index is 5.56. The number of unbranched alkanes of at least 4 members (excludes halogenated alkanes) is 6. The van der Waals surface area contributed by atoms with Crippen LogP contribution in [0.3, 0.4) is 0 Å². The second-order valence-electron chi connectivity index (χ2n) is 4.14. The summed E-state index contributed by atoms with van der Waals surface area (Å²) >= 11 is 2.22. The molecule has 0 amide bonds. The van der Waals surface area contributed by atoms with Crippen molar-refractivity contribution in [3.8, 4) is 0 Å². The zero-order valence-electron chi connectivity index (χ0n) is 10.8. The van der Waals surface area contributed by atoms with Crippen LogP contribution in [0.2, 0.25) is 0 Å². The van der Waals surface area contributed by atoms with E-state index in [9.17, 15) is 0 Å². The lowest BCUT2D eigenvalue weighted by atomic mass is 10.2. The van der Waals surface area contributed by atoms with Crippen molar-refractivity contribution in [1.82, 2.24) is 0 Å². The van der Waals surface area contributed by atoms with Crippen LogP contribution >= 0.6 is 22.6 Å². The molecule has 0 aromatic heterocycles. The molecule has 0 unspecified atom stereocenters. The van der Waals surface area contributed by atoms with Gasteiger partial charge in [-0.05, 0) is 35.4 Å². The molecule has 0 bridgehead atoms. The number of alkyl halides is 1. The number of halogens is 1. The molecule has 0 rings (SSSR count). The van der Waals surface area contributed by atoms with E-state index in [2.05, 4.69) is 36.4 Å². The molecule has 0 saturated heterocycles. The lowest BCUT2D eigenvalue weighted by Crippen LogP contribution is -2.11. The van der Waals surface area contributed by atoms with E-state index in [0.717, 1.165) is 26.1 Å². The zero-order valence-corrected chi connectivity index (χ0v) is 13.0. The van der Waals surface area contributed by atoms with Gasteiger partial charge in [-0.3, -0.25) is 0 Å². The predicted molar refractivity (Wildman–Crippen MR) is 78.0 cm³/mol. The van der Waals surface area contributed by atoms with Gasteiger partial charge >= 0.3 is 0 Å². The fraction of sp³-hybridized carbons (Fsp3) is 1.00. The van der Waals surface area contributed by atoms with Crippen molar-refractivity contribution >= 4 is 22.6 Å². The molecule has 0 radical (unpaired) electrons. The van der Waals surface area contributed by atoms with Crippen molar-refractivity contribution in [2.75, 3.05) is 13.2 Å². The monoisotopic (exact) mass is 342 g/mol. The van der Waals surface area contributed by atoms with Crippen LogP contribution in [0.5, 0.6) is 0 Å². The summed E-state index contributed by atoms with van der Waals surface area (Å²) in [6.45, 7) is 6.12. The van der Waals surface area contributed by atoms with Gasteiger partial charge in [0.1, 0.15) is 0 Å². The molecule has 0 atom stereocenters. The van der Waals surface area contributed by atoms with Crippen molar-refractivity contribution in [3.63, 3.8) is 0 Å². The molecule has 0 N–H and O–H groups in total. The lowest BCUT2D eigenvalue weighted by molar-refractivity contribution is -0.0717. The second kappa shape index (κ2) is 13.7. The van der Waals surface area contributed by atoms with Crippen LogP contribution in [0.4, 0.5) is 0 Å². The smallest absolute Gasteiger partial charge is 0.210 e. The van der Waals surface area contributed by atoms with Crippen LogP contribution in [0.15, 0.2) is 0 Å². The molecule has 0 aliphatic heterocycles. The van der Waals surface area contributed by atoms with Gasteiger partial charge in [-0.1, -0.05) is 52.4 Å². The summed E-state index contributed by atoms with van der Waals surface area (Å²) in [5.74, 6) is 0. The Morgan fingerprint density at radius 2 is 1.19 bits per heavy atom. The van der Waals surface area contributed by atoms with Crippen molar-refractivity contribution in [1.29, 1.82) is 0 Å². The average Bonchev–Trinajstić information content (AvgIpc) is 2.28. The molecule has 0 aromatic carbocycles. The molecule has 0 spiro atoms. The highest BCUT2D eigenvalue weighted by Gasteiger charge is 2.02. The molecule has 98 valence electrons. The summed E-state index contributed by atoms with van der Waals surface area (Å²) in [4.78, 5) is 0. The maximum atomic E-state index is 5.56. The second-order valence-corrected chi connectivity index (χ2v) is 5.15. The summed E-state index contributed by atoms with van der Waals surface area (Å²) < 4.78 is 11.1. The molecule has 0 fully saturated rings. The molecule has 0 aliphatic carbocycles. The Balaban J connectivity index is 3.09. The van der Waals surface area contributed by atoms with Gasteiger partial charge in [0, 0.05) is 0 Å². The van der Waals surface area contributed by atoms with Gasteiger partial charge in [0.05, 0.1) is 13.2 Å². The van der Waals surface area contributed by atoms with Crippen molar-refractivity contribution in [2.24, 2.45) is 0 Å². The topological polar surface area (TPSA) is 18.5 Å². The van der Waals surface area contributed by atoms with E-state index in [1.807, 2.05) is 0 Å². The van der Waals surface area contributed by atoms with E-state index in [4.69, 9.17) is 9.47 Å². The molecule has 16 heavy (non-hydrogen) atoms. The Bertz CT molecular complexity index is 117. The molecule has 0 aliphatic rings. The van der Waals surface area contributed by atoms with Gasteiger partial charge < -0.3 is 9.47 Å². The van der Waals surface area contributed by atoms with Gasteiger partial charge in [0.15, 0.2) is 0 Å². The van der Waals surface area contributed by atoms with Crippen molar-refractivity contribution in [3.05, 3.63) is 0 Å². The van der Waals surface area contributed by atoms with Crippen LogP contribution in [0.1, 0.15) is 65.2 Å². The summed E-state index contributed by atoms with van der Waals surface area (Å²) in [6, 6.07) is 0. The molecule has 0 saturated carbocycles. The van der Waals surface area contributed by atoms with E-state index in [-0.39, 0.29) is 4.30 Å². The number of rotatable bonds is 12. The van der Waals surface area contributed by atoms with Crippen LogP contribution in [-0.2, 0) is 9.47 Å². The first kappa shape index (κ1) is 16.6. The largest absolute Gasteiger partial charge is 0.344 e. The number of ether oxygens (including phenoxy) is 2. The summed E-state index contributed by atoms with van der Waals surface area (Å²) in [6.07, 6.45) is 10.1. The highest BCUT2D eigenvalue weighted by Crippen LogP contribution is 2.09. The quantitative estimate of drug-likeness (QED) is 0.217. The van der Waals surface area contributed by atoms with E-state index >= 15 is 0 Å². The lowest BCUT2D eigenvalue weighted by Gasteiger charge is -2.12. The Labute approximate surface area is 115 Å². The maximum Gasteiger partial charge on any atom is 0.210 e. The third-order valence-electron chi connectivity index (χ3n) is 2.49. The van der Waals surface area contributed by atoms with Crippen LogP contribution in [-0.4, -0.2) is 17.5 Å². The van der Waals surface area contributed by atoms with E-state index in [0.29, 0.717) is 0 Å². The van der Waals surface area contributed by atoms with E-state index < -0.39 is 0 Å². The van der Waals surface area contributed by atoms with Gasteiger partial charge in [0.25, 0.3) is 0 Å². The zero-order chi connectivity index (χ0) is 12.1.